The van der Waals surface area contributed by atoms with E-state index in [1.165, 1.54) is 0 Å². The second-order valence-electron chi connectivity index (χ2n) is 7.12. The van der Waals surface area contributed by atoms with Crippen molar-refractivity contribution in [2.75, 3.05) is 26.1 Å². The van der Waals surface area contributed by atoms with Gasteiger partial charge in [-0.05, 0) is 47.5 Å². The number of aliphatic imine (C=N–C) groups is 1. The molecular weight excluding hydrogens is 414 g/mol. The zero-order valence-electron chi connectivity index (χ0n) is 18.8. The average molecular weight is 442 g/mol. The lowest BCUT2D eigenvalue weighted by molar-refractivity contribution is 0.326. The SMILES string of the molecule is C=CCOc1ccc([C@@H](Nc2ccc(C#N)cc2)C(=NCc2ccccc2)OC)cc1OC. The van der Waals surface area contributed by atoms with Crippen LogP contribution in [-0.4, -0.2) is 26.7 Å². The van der Waals surface area contributed by atoms with Crippen molar-refractivity contribution in [3.8, 4) is 17.6 Å². The van der Waals surface area contributed by atoms with E-state index in [0.29, 0.717) is 36.1 Å². The Labute approximate surface area is 194 Å². The van der Waals surface area contributed by atoms with Crippen LogP contribution in [0.5, 0.6) is 11.5 Å². The fourth-order valence-electron chi connectivity index (χ4n) is 3.25. The summed E-state index contributed by atoms with van der Waals surface area (Å²) >= 11 is 0. The van der Waals surface area contributed by atoms with Gasteiger partial charge in [0.2, 0.25) is 5.90 Å². The van der Waals surface area contributed by atoms with E-state index in [2.05, 4.69) is 18.0 Å². The molecule has 0 aromatic heterocycles. The van der Waals surface area contributed by atoms with Crippen LogP contribution in [-0.2, 0) is 11.3 Å². The summed E-state index contributed by atoms with van der Waals surface area (Å²) in [6.07, 6.45) is 1.68. The molecule has 6 heteroatoms. The Balaban J connectivity index is 1.97. The standard InChI is InChI=1S/C27H27N3O3/c1-4-16-33-24-15-12-22(17-25(24)31-2)26(30-23-13-10-20(18-28)11-14-23)27(32-3)29-19-21-8-6-5-7-9-21/h4-15,17,26,30H,1,16,19H2,2-3H3/t26-/m1/s1. The molecule has 0 aliphatic rings. The summed E-state index contributed by atoms with van der Waals surface area (Å²) in [4.78, 5) is 4.74. The van der Waals surface area contributed by atoms with E-state index in [1.54, 1.807) is 32.4 Å². The quantitative estimate of drug-likeness (QED) is 0.254. The number of nitrogens with one attached hydrogen (secondary N) is 1. The normalized spacial score (nSPS) is 11.7. The molecule has 0 unspecified atom stereocenters. The molecule has 1 N–H and O–H groups in total. The molecule has 0 radical (unpaired) electrons. The van der Waals surface area contributed by atoms with E-state index in [1.807, 2.05) is 60.7 Å². The van der Waals surface area contributed by atoms with Gasteiger partial charge in [-0.1, -0.05) is 49.1 Å². The minimum atomic E-state index is -0.394. The van der Waals surface area contributed by atoms with Crippen LogP contribution < -0.4 is 14.8 Å². The molecule has 0 heterocycles. The molecular formula is C27H27N3O3. The number of hydrogen-bond donors (Lipinski definition) is 1. The fraction of sp³-hybridized carbons (Fsp3) is 0.185. The summed E-state index contributed by atoms with van der Waals surface area (Å²) in [5, 5.41) is 12.6. The smallest absolute Gasteiger partial charge is 0.211 e. The number of methoxy groups -OCH3 is 2. The summed E-state index contributed by atoms with van der Waals surface area (Å²) in [5.41, 5.74) is 3.38. The number of benzene rings is 3. The number of anilines is 1. The van der Waals surface area contributed by atoms with Crippen molar-refractivity contribution >= 4 is 11.6 Å². The van der Waals surface area contributed by atoms with E-state index < -0.39 is 6.04 Å². The molecule has 3 aromatic rings. The first kappa shape index (κ1) is 23.4. The molecule has 6 nitrogen and oxygen atoms in total. The Hall–Kier alpha value is -4.24. The third-order valence-electron chi connectivity index (χ3n) is 4.92. The Morgan fingerprint density at radius 2 is 1.82 bits per heavy atom. The number of rotatable bonds is 10. The zero-order valence-corrected chi connectivity index (χ0v) is 18.8. The van der Waals surface area contributed by atoms with E-state index >= 15 is 0 Å². The van der Waals surface area contributed by atoms with E-state index in [0.717, 1.165) is 16.8 Å². The topological polar surface area (TPSA) is 75.9 Å². The molecule has 3 aromatic carbocycles. The van der Waals surface area contributed by atoms with Gasteiger partial charge in [-0.2, -0.15) is 5.26 Å². The molecule has 0 bridgehead atoms. The molecule has 0 amide bonds. The first-order valence-corrected chi connectivity index (χ1v) is 10.5. The largest absolute Gasteiger partial charge is 0.493 e. The second kappa shape index (κ2) is 12.0. The summed E-state index contributed by atoms with van der Waals surface area (Å²) in [6, 6.07) is 24.7. The van der Waals surface area contributed by atoms with Crippen LogP contribution in [0, 0.1) is 11.3 Å². The van der Waals surface area contributed by atoms with Crippen molar-refractivity contribution in [2.24, 2.45) is 4.99 Å². The average Bonchev–Trinajstić information content (AvgIpc) is 2.88. The van der Waals surface area contributed by atoms with Crippen molar-refractivity contribution in [1.29, 1.82) is 5.26 Å². The molecule has 0 spiro atoms. The maximum Gasteiger partial charge on any atom is 0.211 e. The van der Waals surface area contributed by atoms with Gasteiger partial charge >= 0.3 is 0 Å². The van der Waals surface area contributed by atoms with Crippen molar-refractivity contribution < 1.29 is 14.2 Å². The highest BCUT2D eigenvalue weighted by Crippen LogP contribution is 2.32. The van der Waals surface area contributed by atoms with Gasteiger partial charge in [-0.25, -0.2) is 4.99 Å². The monoisotopic (exact) mass is 441 g/mol. The van der Waals surface area contributed by atoms with Crippen molar-refractivity contribution in [3.05, 3.63) is 102 Å². The van der Waals surface area contributed by atoms with Gasteiger partial charge in [0.25, 0.3) is 0 Å². The Bertz CT molecular complexity index is 1120. The van der Waals surface area contributed by atoms with Crippen LogP contribution in [0.1, 0.15) is 22.7 Å². The first-order valence-electron chi connectivity index (χ1n) is 10.5. The van der Waals surface area contributed by atoms with Crippen LogP contribution >= 0.6 is 0 Å². The molecule has 168 valence electrons. The van der Waals surface area contributed by atoms with Crippen LogP contribution in [0.4, 0.5) is 5.69 Å². The molecule has 0 fully saturated rings. The van der Waals surface area contributed by atoms with Gasteiger partial charge in [0.15, 0.2) is 11.5 Å². The molecule has 0 saturated carbocycles. The predicted molar refractivity (Wildman–Crippen MR) is 131 cm³/mol. The molecule has 0 aliphatic heterocycles. The third-order valence-corrected chi connectivity index (χ3v) is 4.92. The molecule has 1 atom stereocenters. The number of ether oxygens (including phenoxy) is 3. The maximum atomic E-state index is 9.10. The lowest BCUT2D eigenvalue weighted by atomic mass is 10.0. The van der Waals surface area contributed by atoms with E-state index in [-0.39, 0.29) is 0 Å². The molecule has 0 saturated heterocycles. The molecule has 0 aliphatic carbocycles. The predicted octanol–water partition coefficient (Wildman–Crippen LogP) is 5.53. The lowest BCUT2D eigenvalue weighted by Crippen LogP contribution is -2.23. The van der Waals surface area contributed by atoms with Crippen LogP contribution in [0.2, 0.25) is 0 Å². The Morgan fingerprint density at radius 1 is 1.06 bits per heavy atom. The summed E-state index contributed by atoms with van der Waals surface area (Å²) in [5.74, 6) is 1.74. The number of nitriles is 1. The van der Waals surface area contributed by atoms with Crippen molar-refractivity contribution in [2.45, 2.75) is 12.6 Å². The summed E-state index contributed by atoms with van der Waals surface area (Å²) < 4.78 is 17.0. The minimum Gasteiger partial charge on any atom is -0.493 e. The molecule has 33 heavy (non-hydrogen) atoms. The second-order valence-corrected chi connectivity index (χ2v) is 7.12. The lowest BCUT2D eigenvalue weighted by Gasteiger charge is -2.23. The third kappa shape index (κ3) is 6.37. The highest BCUT2D eigenvalue weighted by atomic mass is 16.5. The highest BCUT2D eigenvalue weighted by molar-refractivity contribution is 5.86. The highest BCUT2D eigenvalue weighted by Gasteiger charge is 2.21. The van der Waals surface area contributed by atoms with Crippen LogP contribution in [0.25, 0.3) is 0 Å². The van der Waals surface area contributed by atoms with Gasteiger partial charge in [0.1, 0.15) is 12.6 Å². The van der Waals surface area contributed by atoms with E-state index in [4.69, 9.17) is 24.5 Å². The first-order chi connectivity index (χ1) is 16.2. The van der Waals surface area contributed by atoms with Crippen LogP contribution in [0.15, 0.2) is 90.4 Å². The van der Waals surface area contributed by atoms with Gasteiger partial charge < -0.3 is 19.5 Å². The fourth-order valence-corrected chi connectivity index (χ4v) is 3.25. The Morgan fingerprint density at radius 3 is 2.45 bits per heavy atom. The van der Waals surface area contributed by atoms with E-state index in [9.17, 15) is 0 Å². The minimum absolute atomic E-state index is 0.379. The maximum absolute atomic E-state index is 9.10. The number of hydrogen-bond acceptors (Lipinski definition) is 6. The summed E-state index contributed by atoms with van der Waals surface area (Å²) in [6.45, 7) is 4.55. The van der Waals surface area contributed by atoms with Gasteiger partial charge in [0, 0.05) is 5.69 Å². The Kier molecular flexibility index (Phi) is 8.49. The van der Waals surface area contributed by atoms with Gasteiger partial charge in [0.05, 0.1) is 32.4 Å². The van der Waals surface area contributed by atoms with Gasteiger partial charge in [-0.3, -0.25) is 0 Å². The molecule has 3 rings (SSSR count). The zero-order chi connectivity index (χ0) is 23.5. The van der Waals surface area contributed by atoms with Gasteiger partial charge in [-0.15, -0.1) is 0 Å². The number of nitrogens with zero attached hydrogens (tertiary/aromatic N) is 2. The van der Waals surface area contributed by atoms with Crippen molar-refractivity contribution in [3.63, 3.8) is 0 Å². The van der Waals surface area contributed by atoms with Crippen LogP contribution in [0.3, 0.4) is 0 Å². The van der Waals surface area contributed by atoms with Crippen molar-refractivity contribution in [1.82, 2.24) is 0 Å². The summed E-state index contributed by atoms with van der Waals surface area (Å²) in [7, 11) is 3.21.